The van der Waals surface area contributed by atoms with Gasteiger partial charge in [-0.2, -0.15) is 4.68 Å². The molecule has 4 aromatic rings. The Kier molecular flexibility index (Phi) is 5.91. The van der Waals surface area contributed by atoms with Crippen LogP contribution in [0.4, 0.5) is 5.95 Å². The smallest absolute Gasteiger partial charge is 0.251 e. The van der Waals surface area contributed by atoms with Crippen LogP contribution in [0.3, 0.4) is 0 Å². The lowest BCUT2D eigenvalue weighted by Gasteiger charge is -2.32. The lowest BCUT2D eigenvalue weighted by Crippen LogP contribution is -2.39. The van der Waals surface area contributed by atoms with E-state index in [2.05, 4.69) is 89.3 Å². The average molecular weight is 451 g/mol. The van der Waals surface area contributed by atoms with Gasteiger partial charge in [-0.05, 0) is 47.0 Å². The Hall–Kier alpha value is -4.26. The number of nitrogens with zero attached hydrogens (tertiary/aromatic N) is 5. The van der Waals surface area contributed by atoms with E-state index in [-0.39, 0.29) is 18.5 Å². The van der Waals surface area contributed by atoms with Gasteiger partial charge in [-0.3, -0.25) is 9.69 Å². The molecule has 34 heavy (non-hydrogen) atoms. The molecule has 0 bridgehead atoms. The number of amides is 1. The second-order valence-corrected chi connectivity index (χ2v) is 8.55. The number of fused-ring (bicyclic) bond motifs is 1. The van der Waals surface area contributed by atoms with Crippen molar-refractivity contribution in [2.45, 2.75) is 26.4 Å². The molecule has 1 aliphatic heterocycles. The Bertz CT molecular complexity index is 1310. The highest BCUT2D eigenvalue weighted by molar-refractivity contribution is 5.89. The molecule has 0 fully saturated rings. The summed E-state index contributed by atoms with van der Waals surface area (Å²) in [5.74, 6) is 0.434. The lowest BCUT2D eigenvalue weighted by molar-refractivity contribution is -0.119. The predicted molar refractivity (Wildman–Crippen MR) is 132 cm³/mol. The molecule has 1 atom stereocenters. The monoisotopic (exact) mass is 450 g/mol. The highest BCUT2D eigenvalue weighted by Gasteiger charge is 2.31. The van der Waals surface area contributed by atoms with Crippen molar-refractivity contribution >= 4 is 17.6 Å². The summed E-state index contributed by atoms with van der Waals surface area (Å²) in [7, 11) is 0. The zero-order chi connectivity index (χ0) is 23.5. The number of aromatic nitrogens is 4. The number of anilines is 1. The molecule has 1 aliphatic rings. The second kappa shape index (κ2) is 9.31. The number of nitrogens with one attached hydrogen (secondary N) is 1. The van der Waals surface area contributed by atoms with Gasteiger partial charge in [0, 0.05) is 6.54 Å². The molecule has 0 spiro atoms. The molecule has 1 amide bonds. The number of allylic oxidation sites excluding steroid dienone is 1. The number of hydrogen-bond donors (Lipinski definition) is 1. The van der Waals surface area contributed by atoms with E-state index in [0.29, 0.717) is 12.5 Å². The lowest BCUT2D eigenvalue weighted by atomic mass is 9.99. The molecular weight excluding hydrogens is 424 g/mol. The van der Waals surface area contributed by atoms with Gasteiger partial charge in [-0.25, -0.2) is 0 Å². The van der Waals surface area contributed by atoms with Gasteiger partial charge in [0.15, 0.2) is 0 Å². The molecule has 1 N–H and O–H groups in total. The van der Waals surface area contributed by atoms with Gasteiger partial charge in [-0.15, -0.1) is 0 Å². The molecule has 2 heterocycles. The summed E-state index contributed by atoms with van der Waals surface area (Å²) in [6.07, 6.45) is 2.13. The van der Waals surface area contributed by atoms with Crippen molar-refractivity contribution in [1.82, 2.24) is 25.5 Å². The number of carbonyl (C=O) groups is 1. The van der Waals surface area contributed by atoms with E-state index >= 15 is 0 Å². The first kappa shape index (κ1) is 21.6. The van der Waals surface area contributed by atoms with Crippen molar-refractivity contribution < 1.29 is 4.79 Å². The fraction of sp³-hybridized carbons (Fsp3) is 0.185. The summed E-state index contributed by atoms with van der Waals surface area (Å²) in [6, 6.07) is 26.3. The van der Waals surface area contributed by atoms with Crippen molar-refractivity contribution in [3.63, 3.8) is 0 Å². The first-order valence-corrected chi connectivity index (χ1v) is 11.3. The molecular formula is C27H26N6O. The Morgan fingerprint density at radius 2 is 1.59 bits per heavy atom. The minimum atomic E-state index is -0.175. The maximum Gasteiger partial charge on any atom is 0.251 e. The van der Waals surface area contributed by atoms with Gasteiger partial charge in [0.25, 0.3) is 5.95 Å². The largest absolute Gasteiger partial charge is 0.350 e. The summed E-state index contributed by atoms with van der Waals surface area (Å²) in [6.45, 7) is 4.70. The van der Waals surface area contributed by atoms with Crippen LogP contribution in [0.25, 0.3) is 5.70 Å². The van der Waals surface area contributed by atoms with Gasteiger partial charge in [0.05, 0.1) is 5.70 Å². The molecule has 7 nitrogen and oxygen atoms in total. The summed E-state index contributed by atoms with van der Waals surface area (Å²) < 4.78 is 1.77. The van der Waals surface area contributed by atoms with Gasteiger partial charge in [-0.1, -0.05) is 95.1 Å². The number of tetrazole rings is 1. The van der Waals surface area contributed by atoms with Crippen LogP contribution in [0.1, 0.15) is 33.9 Å². The zero-order valence-electron chi connectivity index (χ0n) is 19.2. The maximum atomic E-state index is 13.0. The molecule has 5 rings (SSSR count). The molecule has 0 saturated carbocycles. The van der Waals surface area contributed by atoms with E-state index in [1.807, 2.05) is 35.2 Å². The number of carbonyl (C=O) groups excluding carboxylic acids is 1. The van der Waals surface area contributed by atoms with Crippen molar-refractivity contribution in [2.75, 3.05) is 11.4 Å². The fourth-order valence-electron chi connectivity index (χ4n) is 4.09. The van der Waals surface area contributed by atoms with E-state index in [9.17, 15) is 4.79 Å². The third-order valence-electron chi connectivity index (χ3n) is 5.99. The third-order valence-corrected chi connectivity index (χ3v) is 5.99. The molecule has 0 unspecified atom stereocenters. The maximum absolute atomic E-state index is 13.0. The minimum Gasteiger partial charge on any atom is -0.350 e. The van der Waals surface area contributed by atoms with Gasteiger partial charge in [0.1, 0.15) is 12.6 Å². The van der Waals surface area contributed by atoms with E-state index in [0.717, 1.165) is 22.4 Å². The average Bonchev–Trinajstić information content (AvgIpc) is 3.35. The normalized spacial score (nSPS) is 14.9. The quantitative estimate of drug-likeness (QED) is 0.480. The third kappa shape index (κ3) is 4.45. The summed E-state index contributed by atoms with van der Waals surface area (Å²) >= 11 is 0. The molecule has 0 aliphatic carbocycles. The number of benzene rings is 3. The standard InChI is InChI=1S/C27H26N6O/c1-19-8-12-22(13-9-19)24-16-25(23-14-10-20(2)11-15-23)33-27(29-30-31-33)32(24)18-26(34)28-17-21-6-4-3-5-7-21/h3-16,25H,17-18H2,1-2H3,(H,28,34)/t25-/m1/s1. The SMILES string of the molecule is Cc1ccc(C2=C[C@H](c3ccc(C)cc3)n3nnnc3N2CC(=O)NCc2ccccc2)cc1. The van der Waals surface area contributed by atoms with Gasteiger partial charge in [0.2, 0.25) is 5.91 Å². The van der Waals surface area contributed by atoms with Crippen molar-refractivity contribution in [3.8, 4) is 0 Å². The number of hydrogen-bond acceptors (Lipinski definition) is 5. The van der Waals surface area contributed by atoms with E-state index in [4.69, 9.17) is 0 Å². The Labute approximate surface area is 198 Å². The zero-order valence-corrected chi connectivity index (χ0v) is 19.2. The highest BCUT2D eigenvalue weighted by atomic mass is 16.2. The van der Waals surface area contributed by atoms with E-state index in [1.165, 1.54) is 11.1 Å². The Morgan fingerprint density at radius 3 is 2.29 bits per heavy atom. The number of rotatable bonds is 6. The Balaban J connectivity index is 1.49. The summed E-state index contributed by atoms with van der Waals surface area (Å²) in [5, 5.41) is 15.5. The Morgan fingerprint density at radius 1 is 0.912 bits per heavy atom. The topological polar surface area (TPSA) is 75.9 Å². The van der Waals surface area contributed by atoms with E-state index < -0.39 is 0 Å². The molecule has 7 heteroatoms. The van der Waals surface area contributed by atoms with Crippen LogP contribution in [0.5, 0.6) is 0 Å². The molecule has 0 radical (unpaired) electrons. The molecule has 0 saturated heterocycles. The first-order valence-electron chi connectivity index (χ1n) is 11.3. The fourth-order valence-corrected chi connectivity index (χ4v) is 4.09. The molecule has 170 valence electrons. The van der Waals surface area contributed by atoms with Crippen LogP contribution in [0.2, 0.25) is 0 Å². The second-order valence-electron chi connectivity index (χ2n) is 8.55. The molecule has 3 aromatic carbocycles. The van der Waals surface area contributed by atoms with Crippen LogP contribution in [0.15, 0.2) is 84.9 Å². The van der Waals surface area contributed by atoms with Crippen LogP contribution in [0, 0.1) is 13.8 Å². The van der Waals surface area contributed by atoms with Crippen molar-refractivity contribution in [1.29, 1.82) is 0 Å². The van der Waals surface area contributed by atoms with Crippen molar-refractivity contribution in [2.24, 2.45) is 0 Å². The first-order chi connectivity index (χ1) is 16.6. The van der Waals surface area contributed by atoms with Crippen molar-refractivity contribution in [3.05, 3.63) is 113 Å². The molecule has 1 aromatic heterocycles. The summed E-state index contributed by atoms with van der Waals surface area (Å²) in [5.41, 5.74) is 6.41. The van der Waals surface area contributed by atoms with Crippen LogP contribution >= 0.6 is 0 Å². The predicted octanol–water partition coefficient (Wildman–Crippen LogP) is 4.06. The summed E-state index contributed by atoms with van der Waals surface area (Å²) in [4.78, 5) is 14.9. The van der Waals surface area contributed by atoms with Crippen LogP contribution < -0.4 is 10.2 Å². The van der Waals surface area contributed by atoms with E-state index in [1.54, 1.807) is 4.68 Å². The minimum absolute atomic E-state index is 0.105. The van der Waals surface area contributed by atoms with Crippen LogP contribution in [-0.2, 0) is 11.3 Å². The van der Waals surface area contributed by atoms with Crippen LogP contribution in [-0.4, -0.2) is 32.7 Å². The number of aryl methyl sites for hydroxylation is 2. The highest BCUT2D eigenvalue weighted by Crippen LogP contribution is 2.36. The van der Waals surface area contributed by atoms with Gasteiger partial charge >= 0.3 is 0 Å². The van der Waals surface area contributed by atoms with Gasteiger partial charge < -0.3 is 5.32 Å².